The maximum Gasteiger partial charge on any atom is 0.306 e. The number of ether oxygens (including phenoxy) is 2. The van der Waals surface area contributed by atoms with Crippen molar-refractivity contribution in [2.75, 3.05) is 13.2 Å². The van der Waals surface area contributed by atoms with E-state index in [9.17, 15) is 14.7 Å². The maximum absolute atomic E-state index is 12.1. The number of unbranched alkanes of at least 4 members (excludes halogenated alkanes) is 15. The Morgan fingerprint density at radius 1 is 0.535 bits per heavy atom. The van der Waals surface area contributed by atoms with Crippen LogP contribution in [0.2, 0.25) is 0 Å². The molecular formula is C38H66O5. The van der Waals surface area contributed by atoms with Crippen LogP contribution in [0, 0.1) is 0 Å². The number of aliphatic hydroxyl groups is 1. The molecule has 0 rings (SSSR count). The quantitative estimate of drug-likeness (QED) is 0.0485. The van der Waals surface area contributed by atoms with Gasteiger partial charge in [-0.05, 0) is 51.4 Å². The highest BCUT2D eigenvalue weighted by Crippen LogP contribution is 2.13. The number of allylic oxidation sites excluding steroid dienone is 8. The topological polar surface area (TPSA) is 72.8 Å². The number of carbonyl (C=O) groups is 2. The summed E-state index contributed by atoms with van der Waals surface area (Å²) < 4.78 is 10.5. The van der Waals surface area contributed by atoms with Crippen LogP contribution >= 0.6 is 0 Å². The highest BCUT2D eigenvalue weighted by Gasteiger charge is 2.16. The van der Waals surface area contributed by atoms with Crippen molar-refractivity contribution in [3.8, 4) is 0 Å². The van der Waals surface area contributed by atoms with E-state index in [0.29, 0.717) is 19.3 Å². The van der Waals surface area contributed by atoms with Gasteiger partial charge in [0.1, 0.15) is 6.61 Å². The van der Waals surface area contributed by atoms with Gasteiger partial charge in [0.25, 0.3) is 0 Å². The minimum Gasteiger partial charge on any atom is -0.462 e. The lowest BCUT2D eigenvalue weighted by atomic mass is 10.0. The average Bonchev–Trinajstić information content (AvgIpc) is 3.01. The van der Waals surface area contributed by atoms with Crippen LogP contribution in [-0.2, 0) is 19.1 Å². The summed E-state index contributed by atoms with van der Waals surface area (Å²) in [5, 5.41) is 9.50. The third kappa shape index (κ3) is 32.6. The molecule has 0 aromatic carbocycles. The molecular weight excluding hydrogens is 536 g/mol. The lowest BCUT2D eigenvalue weighted by Crippen LogP contribution is -2.28. The predicted octanol–water partition coefficient (Wildman–Crippen LogP) is 10.7. The molecule has 0 spiro atoms. The molecule has 0 saturated carbocycles. The lowest BCUT2D eigenvalue weighted by molar-refractivity contribution is -0.161. The minimum atomic E-state index is -0.790. The van der Waals surface area contributed by atoms with Gasteiger partial charge in [-0.3, -0.25) is 9.59 Å². The Labute approximate surface area is 265 Å². The Morgan fingerprint density at radius 2 is 0.953 bits per heavy atom. The van der Waals surface area contributed by atoms with Crippen LogP contribution in [0.4, 0.5) is 0 Å². The Hall–Kier alpha value is -2.14. The van der Waals surface area contributed by atoms with E-state index >= 15 is 0 Å². The van der Waals surface area contributed by atoms with Crippen LogP contribution in [-0.4, -0.2) is 36.4 Å². The van der Waals surface area contributed by atoms with Gasteiger partial charge in [-0.1, -0.05) is 146 Å². The van der Waals surface area contributed by atoms with Crippen molar-refractivity contribution in [1.29, 1.82) is 0 Å². The van der Waals surface area contributed by atoms with Crippen molar-refractivity contribution in [3.05, 3.63) is 48.6 Å². The van der Waals surface area contributed by atoms with Crippen molar-refractivity contribution in [1.82, 2.24) is 0 Å². The molecule has 0 fully saturated rings. The maximum atomic E-state index is 12.1. The van der Waals surface area contributed by atoms with E-state index < -0.39 is 6.10 Å². The number of esters is 2. The summed E-state index contributed by atoms with van der Waals surface area (Å²) >= 11 is 0. The Morgan fingerprint density at radius 3 is 1.47 bits per heavy atom. The molecule has 0 radical (unpaired) electrons. The molecule has 0 saturated heterocycles. The number of carbonyl (C=O) groups excluding carboxylic acids is 2. The van der Waals surface area contributed by atoms with Gasteiger partial charge in [-0.25, -0.2) is 0 Å². The standard InChI is InChI=1S/C38H66O5/c1-3-5-7-9-11-13-15-17-18-19-20-21-23-24-26-28-30-32-37(40)42-35-36(34-39)43-38(41)33-31-29-27-25-22-16-14-12-10-8-6-4-2/h11,13,17-18,20-21,24,26,36,39H,3-10,12,14-16,19,22-23,25,27-35H2,1-2H3/t36-/m0/s1. The van der Waals surface area contributed by atoms with E-state index in [0.717, 1.165) is 44.9 Å². The molecule has 248 valence electrons. The van der Waals surface area contributed by atoms with Crippen molar-refractivity contribution in [2.45, 2.75) is 168 Å². The van der Waals surface area contributed by atoms with Gasteiger partial charge in [0.15, 0.2) is 6.10 Å². The van der Waals surface area contributed by atoms with E-state index in [1.165, 1.54) is 83.5 Å². The van der Waals surface area contributed by atoms with Gasteiger partial charge in [-0.2, -0.15) is 0 Å². The van der Waals surface area contributed by atoms with E-state index in [1.807, 2.05) is 0 Å². The fraction of sp³-hybridized carbons (Fsp3) is 0.737. The minimum absolute atomic E-state index is 0.0934. The van der Waals surface area contributed by atoms with Crippen LogP contribution < -0.4 is 0 Å². The SMILES string of the molecule is CCCCCC=CCC=CCC=CCC=CCCCC(=O)OC[C@H](CO)OC(=O)CCCCCCCCCCCCCC. The van der Waals surface area contributed by atoms with Crippen molar-refractivity contribution >= 4 is 11.9 Å². The van der Waals surface area contributed by atoms with E-state index in [-0.39, 0.29) is 25.2 Å². The molecule has 0 heterocycles. The Kier molecular flexibility index (Phi) is 32.6. The summed E-state index contributed by atoms with van der Waals surface area (Å²) in [5.41, 5.74) is 0. The van der Waals surface area contributed by atoms with Gasteiger partial charge < -0.3 is 14.6 Å². The second kappa shape index (κ2) is 34.4. The highest BCUT2D eigenvalue weighted by atomic mass is 16.6. The summed E-state index contributed by atoms with van der Waals surface area (Å²) in [6, 6.07) is 0. The zero-order chi connectivity index (χ0) is 31.5. The number of rotatable bonds is 31. The average molecular weight is 603 g/mol. The molecule has 0 aromatic rings. The molecule has 0 aromatic heterocycles. The second-order valence-corrected chi connectivity index (χ2v) is 11.6. The number of aliphatic hydroxyl groups excluding tert-OH is 1. The van der Waals surface area contributed by atoms with Crippen LogP contribution in [0.5, 0.6) is 0 Å². The molecule has 0 aliphatic heterocycles. The van der Waals surface area contributed by atoms with E-state index in [1.54, 1.807) is 0 Å². The van der Waals surface area contributed by atoms with Crippen LogP contribution in [0.15, 0.2) is 48.6 Å². The van der Waals surface area contributed by atoms with Gasteiger partial charge in [-0.15, -0.1) is 0 Å². The van der Waals surface area contributed by atoms with Gasteiger partial charge in [0, 0.05) is 12.8 Å². The smallest absolute Gasteiger partial charge is 0.306 e. The van der Waals surface area contributed by atoms with E-state index in [2.05, 4.69) is 62.5 Å². The largest absolute Gasteiger partial charge is 0.462 e. The number of hydrogen-bond donors (Lipinski definition) is 1. The van der Waals surface area contributed by atoms with Crippen LogP contribution in [0.1, 0.15) is 162 Å². The predicted molar refractivity (Wildman–Crippen MR) is 182 cm³/mol. The first kappa shape index (κ1) is 40.9. The molecule has 1 N–H and O–H groups in total. The zero-order valence-corrected chi connectivity index (χ0v) is 28.0. The normalized spacial score (nSPS) is 12.7. The molecule has 43 heavy (non-hydrogen) atoms. The first-order valence-electron chi connectivity index (χ1n) is 17.7. The monoisotopic (exact) mass is 602 g/mol. The molecule has 5 nitrogen and oxygen atoms in total. The Bertz CT molecular complexity index is 737. The van der Waals surface area contributed by atoms with Crippen molar-refractivity contribution in [2.24, 2.45) is 0 Å². The second-order valence-electron chi connectivity index (χ2n) is 11.6. The molecule has 1 atom stereocenters. The van der Waals surface area contributed by atoms with E-state index in [4.69, 9.17) is 9.47 Å². The number of hydrogen-bond acceptors (Lipinski definition) is 5. The fourth-order valence-corrected chi connectivity index (χ4v) is 4.66. The third-order valence-electron chi connectivity index (χ3n) is 7.38. The summed E-state index contributed by atoms with van der Waals surface area (Å²) in [6.45, 7) is 4.04. The molecule has 0 aliphatic rings. The fourth-order valence-electron chi connectivity index (χ4n) is 4.66. The van der Waals surface area contributed by atoms with Gasteiger partial charge in [0.05, 0.1) is 6.61 Å². The van der Waals surface area contributed by atoms with Gasteiger partial charge in [0.2, 0.25) is 0 Å². The molecule has 0 amide bonds. The van der Waals surface area contributed by atoms with Crippen molar-refractivity contribution < 1.29 is 24.2 Å². The molecule has 0 unspecified atom stereocenters. The first-order chi connectivity index (χ1) is 21.1. The summed E-state index contributed by atoms with van der Waals surface area (Å²) in [6.07, 6.45) is 41.7. The molecule has 0 aliphatic carbocycles. The Balaban J connectivity index is 3.69. The molecule has 5 heteroatoms. The van der Waals surface area contributed by atoms with Crippen molar-refractivity contribution in [3.63, 3.8) is 0 Å². The van der Waals surface area contributed by atoms with Gasteiger partial charge >= 0.3 is 11.9 Å². The van der Waals surface area contributed by atoms with Crippen LogP contribution in [0.25, 0.3) is 0 Å². The summed E-state index contributed by atoms with van der Waals surface area (Å²) in [4.78, 5) is 24.1. The highest BCUT2D eigenvalue weighted by molar-refractivity contribution is 5.70. The zero-order valence-electron chi connectivity index (χ0n) is 28.0. The summed E-state index contributed by atoms with van der Waals surface area (Å²) in [7, 11) is 0. The third-order valence-corrected chi connectivity index (χ3v) is 7.38. The molecule has 0 bridgehead atoms. The van der Waals surface area contributed by atoms with Crippen LogP contribution in [0.3, 0.4) is 0 Å². The lowest BCUT2D eigenvalue weighted by Gasteiger charge is -2.15. The first-order valence-corrected chi connectivity index (χ1v) is 17.7. The summed E-state index contributed by atoms with van der Waals surface area (Å²) in [5.74, 6) is -0.658.